The second kappa shape index (κ2) is 9.85. The Morgan fingerprint density at radius 3 is 2.68 bits per heavy atom. The van der Waals surface area contributed by atoms with Gasteiger partial charge in [0.1, 0.15) is 17.1 Å². The lowest BCUT2D eigenvalue weighted by Crippen LogP contribution is -2.71. The molecule has 0 saturated carbocycles. The Hall–Kier alpha value is -3.39. The van der Waals surface area contributed by atoms with Gasteiger partial charge in [0.25, 0.3) is 11.8 Å². The minimum atomic E-state index is -1.23. The van der Waals surface area contributed by atoms with Crippen LogP contribution in [0.4, 0.5) is 0 Å². The summed E-state index contributed by atoms with van der Waals surface area (Å²) >= 11 is 2.61. The molecule has 14 heteroatoms. The maximum absolute atomic E-state index is 12.9. The molecule has 0 spiro atoms. The van der Waals surface area contributed by atoms with Gasteiger partial charge in [-0.1, -0.05) is 42.1 Å². The second-order valence-electron chi connectivity index (χ2n) is 7.43. The van der Waals surface area contributed by atoms with E-state index in [2.05, 4.69) is 20.8 Å². The average molecular weight is 505 g/mol. The summed E-state index contributed by atoms with van der Waals surface area (Å²) in [4.78, 5) is 50.6. The summed E-state index contributed by atoms with van der Waals surface area (Å²) in [5.41, 5.74) is 0.919. The van der Waals surface area contributed by atoms with Crippen LogP contribution in [0.15, 0.2) is 46.8 Å². The molecule has 1 fully saturated rings. The highest BCUT2D eigenvalue weighted by Crippen LogP contribution is 2.41. The predicted octanol–water partition coefficient (Wildman–Crippen LogP) is 0.345. The number of fused-ring (bicyclic) bond motifs is 1. The number of esters is 1. The number of β-lactam (4-membered cyclic amide) rings is 1. The number of benzene rings is 1. The Bertz CT molecular complexity index is 1170. The molecule has 34 heavy (non-hydrogen) atoms. The van der Waals surface area contributed by atoms with E-state index in [1.54, 1.807) is 37.4 Å². The number of ether oxygens (including phenoxy) is 1. The van der Waals surface area contributed by atoms with Crippen molar-refractivity contribution >= 4 is 47.3 Å². The fourth-order valence-electron chi connectivity index (χ4n) is 3.59. The fourth-order valence-corrected chi connectivity index (χ4v) is 5.92. The lowest BCUT2D eigenvalue weighted by atomic mass is 10.0. The Morgan fingerprint density at radius 2 is 2.06 bits per heavy atom. The van der Waals surface area contributed by atoms with Gasteiger partial charge in [-0.2, -0.15) is 0 Å². The molecule has 0 aliphatic carbocycles. The van der Waals surface area contributed by atoms with Crippen molar-refractivity contribution < 1.29 is 29.0 Å². The molecule has 2 aromatic rings. The highest BCUT2D eigenvalue weighted by Gasteiger charge is 2.54. The topological polar surface area (TPSA) is 157 Å². The van der Waals surface area contributed by atoms with E-state index in [0.29, 0.717) is 27.8 Å². The molecule has 2 aliphatic heterocycles. The van der Waals surface area contributed by atoms with E-state index in [0.717, 1.165) is 0 Å². The number of carbonyl (C=O) groups excluding carboxylic acids is 3. The van der Waals surface area contributed by atoms with Gasteiger partial charge >= 0.3 is 11.9 Å². The number of hydrogen-bond acceptors (Lipinski definition) is 10. The van der Waals surface area contributed by atoms with Gasteiger partial charge in [0, 0.05) is 31.0 Å². The summed E-state index contributed by atoms with van der Waals surface area (Å²) in [6.45, 7) is 1.19. The Kier molecular flexibility index (Phi) is 6.88. The van der Waals surface area contributed by atoms with Crippen LogP contribution in [-0.2, 0) is 31.0 Å². The molecule has 12 nitrogen and oxygen atoms in total. The van der Waals surface area contributed by atoms with Crippen molar-refractivity contribution in [3.8, 4) is 0 Å². The zero-order valence-corrected chi connectivity index (χ0v) is 19.7. The lowest BCUT2D eigenvalue weighted by Gasteiger charge is -2.49. The number of aryl methyl sites for hydroxylation is 1. The first-order valence-corrected chi connectivity index (χ1v) is 12.1. The largest absolute Gasteiger partial charge is 0.477 e. The predicted molar refractivity (Wildman–Crippen MR) is 120 cm³/mol. The summed E-state index contributed by atoms with van der Waals surface area (Å²) in [5, 5.41) is 23.5. The minimum absolute atomic E-state index is 0.0959. The number of thioether (sulfide) groups is 2. The molecular formula is C20H20N6O6S2. The number of amides is 2. The van der Waals surface area contributed by atoms with Gasteiger partial charge in [0.2, 0.25) is 11.3 Å². The third-order valence-electron chi connectivity index (χ3n) is 5.13. The lowest BCUT2D eigenvalue weighted by molar-refractivity contribution is -0.157. The SMILES string of the molecule is CC(=O)O[C@@H](C(=O)N[C@@H]1C(=O)N2C(C(=O)O)=C(CSc3nnnn3C)CS[C@H]12)c1ccccc1. The van der Waals surface area contributed by atoms with Crippen LogP contribution in [0.25, 0.3) is 0 Å². The number of carboxylic acid groups (broad SMARTS) is 1. The van der Waals surface area contributed by atoms with Crippen molar-refractivity contribution in [2.45, 2.75) is 29.6 Å². The number of nitrogens with one attached hydrogen (secondary N) is 1. The zero-order valence-electron chi connectivity index (χ0n) is 18.1. The number of tetrazole rings is 1. The van der Waals surface area contributed by atoms with Crippen molar-refractivity contribution in [3.05, 3.63) is 47.2 Å². The molecule has 1 aromatic carbocycles. The van der Waals surface area contributed by atoms with Crippen LogP contribution < -0.4 is 5.32 Å². The molecule has 178 valence electrons. The van der Waals surface area contributed by atoms with Crippen molar-refractivity contribution in [2.24, 2.45) is 7.05 Å². The molecule has 3 heterocycles. The molecule has 1 saturated heterocycles. The fraction of sp³-hybridized carbons (Fsp3) is 0.350. The number of rotatable bonds is 8. The van der Waals surface area contributed by atoms with Crippen molar-refractivity contribution in [1.82, 2.24) is 30.4 Å². The van der Waals surface area contributed by atoms with Crippen LogP contribution in [0, 0.1) is 0 Å². The van der Waals surface area contributed by atoms with Crippen molar-refractivity contribution in [2.75, 3.05) is 11.5 Å². The van der Waals surface area contributed by atoms with Gasteiger partial charge < -0.3 is 15.2 Å². The average Bonchev–Trinajstić information content (AvgIpc) is 3.23. The molecule has 2 amide bonds. The molecule has 0 unspecified atom stereocenters. The van der Waals surface area contributed by atoms with Crippen molar-refractivity contribution in [1.29, 1.82) is 0 Å². The molecule has 0 radical (unpaired) electrons. The minimum Gasteiger partial charge on any atom is -0.477 e. The maximum atomic E-state index is 12.9. The quantitative estimate of drug-likeness (QED) is 0.290. The van der Waals surface area contributed by atoms with E-state index >= 15 is 0 Å². The third kappa shape index (κ3) is 4.63. The van der Waals surface area contributed by atoms with Gasteiger partial charge in [0.05, 0.1) is 0 Å². The number of carboxylic acids is 1. The van der Waals surface area contributed by atoms with E-state index in [1.165, 1.54) is 40.0 Å². The highest BCUT2D eigenvalue weighted by atomic mass is 32.2. The summed E-state index contributed by atoms with van der Waals surface area (Å²) < 4.78 is 6.65. The normalized spacial score (nSPS) is 20.3. The zero-order chi connectivity index (χ0) is 24.4. The van der Waals surface area contributed by atoms with Crippen molar-refractivity contribution in [3.63, 3.8) is 0 Å². The van der Waals surface area contributed by atoms with Crippen LogP contribution in [0.1, 0.15) is 18.6 Å². The molecule has 2 aliphatic rings. The summed E-state index contributed by atoms with van der Waals surface area (Å²) in [5.74, 6) is -2.42. The van der Waals surface area contributed by atoms with E-state index in [1.807, 2.05) is 0 Å². The maximum Gasteiger partial charge on any atom is 0.352 e. The molecule has 0 bridgehead atoms. The van der Waals surface area contributed by atoms with Crippen LogP contribution in [0.5, 0.6) is 0 Å². The molecular weight excluding hydrogens is 484 g/mol. The first-order valence-electron chi connectivity index (χ1n) is 10.1. The highest BCUT2D eigenvalue weighted by molar-refractivity contribution is 8.01. The monoisotopic (exact) mass is 504 g/mol. The standard InChI is InChI=1S/C20H20N6O6S2/c1-10(27)32-15(11-6-4-3-5-7-11)16(28)21-13-17(29)26-14(19(30)31)12(8-33-18(13)26)9-34-20-22-23-24-25(20)2/h3-7,13,15,18H,8-9H2,1-2H3,(H,21,28)(H,30,31)/t13-,15-,18-/m1/s1. The number of carbonyl (C=O) groups is 4. The van der Waals surface area contributed by atoms with Crippen LogP contribution >= 0.6 is 23.5 Å². The van der Waals surface area contributed by atoms with Crippen LogP contribution in [-0.4, -0.2) is 76.9 Å². The van der Waals surface area contributed by atoms with E-state index < -0.39 is 41.3 Å². The Balaban J connectivity index is 1.49. The Morgan fingerprint density at radius 1 is 1.32 bits per heavy atom. The number of aliphatic carboxylic acids is 1. The van der Waals surface area contributed by atoms with Gasteiger partial charge in [0.15, 0.2) is 0 Å². The smallest absolute Gasteiger partial charge is 0.352 e. The Labute approximate surface area is 202 Å². The summed E-state index contributed by atoms with van der Waals surface area (Å²) in [6.07, 6.45) is -1.23. The molecule has 3 atom stereocenters. The van der Waals surface area contributed by atoms with Crippen LogP contribution in [0.2, 0.25) is 0 Å². The first kappa shape index (κ1) is 23.8. The van der Waals surface area contributed by atoms with E-state index in [9.17, 15) is 24.3 Å². The molecule has 2 N–H and O–H groups in total. The third-order valence-corrected chi connectivity index (χ3v) is 7.57. The number of nitrogens with zero attached hydrogens (tertiary/aromatic N) is 5. The number of aromatic nitrogens is 4. The van der Waals surface area contributed by atoms with E-state index in [-0.39, 0.29) is 5.70 Å². The van der Waals surface area contributed by atoms with Gasteiger partial charge in [-0.3, -0.25) is 19.3 Å². The van der Waals surface area contributed by atoms with Gasteiger partial charge in [-0.15, -0.1) is 16.9 Å². The molecule has 1 aromatic heterocycles. The first-order chi connectivity index (χ1) is 16.3. The molecule has 4 rings (SSSR count). The van der Waals surface area contributed by atoms with Gasteiger partial charge in [-0.25, -0.2) is 9.48 Å². The number of hydrogen-bond donors (Lipinski definition) is 2. The summed E-state index contributed by atoms with van der Waals surface area (Å²) in [6, 6.07) is 7.50. The second-order valence-corrected chi connectivity index (χ2v) is 9.47. The summed E-state index contributed by atoms with van der Waals surface area (Å²) in [7, 11) is 1.67. The van der Waals surface area contributed by atoms with Crippen LogP contribution in [0.3, 0.4) is 0 Å². The van der Waals surface area contributed by atoms with Gasteiger partial charge in [-0.05, 0) is 16.0 Å². The van der Waals surface area contributed by atoms with E-state index in [4.69, 9.17) is 4.74 Å².